The molecule has 32 heavy (non-hydrogen) atoms. The third-order valence-corrected chi connectivity index (χ3v) is 5.64. The summed E-state index contributed by atoms with van der Waals surface area (Å²) in [6.07, 6.45) is -0.121. The Hall–Kier alpha value is -2.96. The molecule has 0 aromatic heterocycles. The van der Waals surface area contributed by atoms with Gasteiger partial charge in [-0.1, -0.05) is 30.8 Å². The summed E-state index contributed by atoms with van der Waals surface area (Å²) in [6, 6.07) is 8.47. The first-order chi connectivity index (χ1) is 15.1. The molecule has 0 bridgehead atoms. The van der Waals surface area contributed by atoms with Gasteiger partial charge in [0.25, 0.3) is 0 Å². The maximum absolute atomic E-state index is 13.6. The third kappa shape index (κ3) is 3.85. The van der Waals surface area contributed by atoms with Crippen LogP contribution < -0.4 is 9.47 Å². The average molecular weight is 437 g/mol. The van der Waals surface area contributed by atoms with Crippen LogP contribution in [0.1, 0.15) is 77.8 Å². The molecule has 0 radical (unpaired) electrons. The normalized spacial score (nSPS) is 21.5. The van der Waals surface area contributed by atoms with Gasteiger partial charge in [0.2, 0.25) is 0 Å². The Kier molecular flexibility index (Phi) is 5.69. The third-order valence-electron chi connectivity index (χ3n) is 5.64. The average Bonchev–Trinajstić information content (AvgIpc) is 2.73. The van der Waals surface area contributed by atoms with Crippen molar-refractivity contribution in [2.24, 2.45) is 0 Å². The minimum absolute atomic E-state index is 0.0673. The van der Waals surface area contributed by atoms with Crippen molar-refractivity contribution in [1.82, 2.24) is 0 Å². The highest BCUT2D eigenvalue weighted by Crippen LogP contribution is 2.46. The van der Waals surface area contributed by atoms with E-state index in [0.29, 0.717) is 16.7 Å². The van der Waals surface area contributed by atoms with Crippen LogP contribution in [-0.4, -0.2) is 37.0 Å². The fraction of sp³-hybridized carbons (Fsp3) is 0.385. The molecule has 1 fully saturated rings. The zero-order chi connectivity index (χ0) is 23.2. The van der Waals surface area contributed by atoms with Crippen molar-refractivity contribution in [3.63, 3.8) is 0 Å². The topological polar surface area (TPSA) is 71.1 Å². The van der Waals surface area contributed by atoms with E-state index in [9.17, 15) is 9.59 Å². The monoisotopic (exact) mass is 436 g/mol. The number of ether oxygens (including phenoxy) is 4. The Bertz CT molecular complexity index is 1110. The number of rotatable bonds is 5. The number of benzene rings is 2. The number of methoxy groups -OCH3 is 1. The summed E-state index contributed by atoms with van der Waals surface area (Å²) >= 11 is 0. The lowest BCUT2D eigenvalue weighted by Crippen LogP contribution is -2.39. The second-order valence-corrected chi connectivity index (χ2v) is 9.06. The Balaban J connectivity index is 1.95. The second-order valence-electron chi connectivity index (χ2n) is 9.06. The molecule has 1 saturated heterocycles. The van der Waals surface area contributed by atoms with Gasteiger partial charge in [-0.2, -0.15) is 0 Å². The molecule has 6 nitrogen and oxygen atoms in total. The highest BCUT2D eigenvalue weighted by atomic mass is 16.7. The van der Waals surface area contributed by atoms with E-state index in [1.165, 1.54) is 7.11 Å². The number of carbonyl (C=O) groups excluding carboxylic acids is 2. The molecule has 2 aliphatic rings. The van der Waals surface area contributed by atoms with Crippen LogP contribution in [0.15, 0.2) is 42.5 Å². The Morgan fingerprint density at radius 3 is 2.34 bits per heavy atom. The molecule has 0 spiro atoms. The molecule has 4 rings (SSSR count). The van der Waals surface area contributed by atoms with E-state index in [1.54, 1.807) is 30.3 Å². The molecule has 0 saturated carbocycles. The Morgan fingerprint density at radius 2 is 1.78 bits per heavy atom. The number of hydrogen-bond donors (Lipinski definition) is 0. The Morgan fingerprint density at radius 1 is 1.16 bits per heavy atom. The van der Waals surface area contributed by atoms with Crippen LogP contribution in [0, 0.1) is 0 Å². The van der Waals surface area contributed by atoms with Crippen molar-refractivity contribution < 1.29 is 28.5 Å². The van der Waals surface area contributed by atoms with Gasteiger partial charge >= 0.3 is 0 Å². The summed E-state index contributed by atoms with van der Waals surface area (Å²) in [4.78, 5) is 27.0. The molecule has 6 heteroatoms. The van der Waals surface area contributed by atoms with Gasteiger partial charge in [0.05, 0.1) is 35.5 Å². The molecule has 168 valence electrons. The molecule has 0 unspecified atom stereocenters. The molecule has 2 aromatic rings. The van der Waals surface area contributed by atoms with E-state index in [2.05, 4.69) is 6.58 Å². The zero-order valence-electron chi connectivity index (χ0n) is 19.1. The van der Waals surface area contributed by atoms with Crippen molar-refractivity contribution in [3.05, 3.63) is 70.3 Å². The van der Waals surface area contributed by atoms with Crippen molar-refractivity contribution in [3.8, 4) is 11.5 Å². The van der Waals surface area contributed by atoms with Gasteiger partial charge in [-0.15, -0.1) is 0 Å². The van der Waals surface area contributed by atoms with E-state index in [4.69, 9.17) is 18.9 Å². The van der Waals surface area contributed by atoms with E-state index in [1.807, 2.05) is 27.7 Å². The summed E-state index contributed by atoms with van der Waals surface area (Å²) in [6.45, 7) is 11.9. The summed E-state index contributed by atoms with van der Waals surface area (Å²) < 4.78 is 24.0. The fourth-order valence-corrected chi connectivity index (χ4v) is 4.41. The highest BCUT2D eigenvalue weighted by molar-refractivity contribution is 6.30. The van der Waals surface area contributed by atoms with Crippen LogP contribution in [0.2, 0.25) is 0 Å². The molecular formula is C26H28O6. The highest BCUT2D eigenvalue weighted by Gasteiger charge is 2.41. The zero-order valence-corrected chi connectivity index (χ0v) is 19.1. The quantitative estimate of drug-likeness (QED) is 0.523. The van der Waals surface area contributed by atoms with Crippen LogP contribution in [-0.2, 0) is 9.47 Å². The number of ketones is 2. The van der Waals surface area contributed by atoms with Crippen LogP contribution >= 0.6 is 0 Å². The van der Waals surface area contributed by atoms with E-state index >= 15 is 0 Å². The molecular weight excluding hydrogens is 408 g/mol. The van der Waals surface area contributed by atoms with Crippen molar-refractivity contribution >= 4 is 11.6 Å². The minimum atomic E-state index is -0.777. The van der Waals surface area contributed by atoms with Crippen LogP contribution in [0.25, 0.3) is 0 Å². The maximum atomic E-state index is 13.6. The predicted octanol–water partition coefficient (Wildman–Crippen LogP) is 5.03. The van der Waals surface area contributed by atoms with Gasteiger partial charge < -0.3 is 18.9 Å². The van der Waals surface area contributed by atoms with Gasteiger partial charge in [0.1, 0.15) is 18.1 Å². The first kappa shape index (κ1) is 22.2. The molecule has 1 heterocycles. The SMILES string of the molecule is C=C(C)COc1cc([C@@H]2O[C@H](C)CC(C)(C)O2)c(OC)c2c1C(=O)c1ccccc1C2=O. The van der Waals surface area contributed by atoms with E-state index in [-0.39, 0.29) is 46.9 Å². The minimum Gasteiger partial charge on any atom is -0.495 e. The van der Waals surface area contributed by atoms with E-state index < -0.39 is 11.9 Å². The summed E-state index contributed by atoms with van der Waals surface area (Å²) in [5.74, 6) is -0.0200. The number of carbonyl (C=O) groups is 2. The van der Waals surface area contributed by atoms with E-state index in [0.717, 1.165) is 12.0 Å². The smallest absolute Gasteiger partial charge is 0.198 e. The lowest BCUT2D eigenvalue weighted by atomic mass is 9.81. The largest absolute Gasteiger partial charge is 0.495 e. The molecule has 1 aliphatic carbocycles. The second kappa shape index (κ2) is 8.19. The fourth-order valence-electron chi connectivity index (χ4n) is 4.41. The molecule has 0 N–H and O–H groups in total. The number of fused-ring (bicyclic) bond motifs is 2. The van der Waals surface area contributed by atoms with Crippen LogP contribution in [0.5, 0.6) is 11.5 Å². The first-order valence-electron chi connectivity index (χ1n) is 10.7. The van der Waals surface area contributed by atoms with Crippen molar-refractivity contribution in [2.45, 2.75) is 52.1 Å². The lowest BCUT2D eigenvalue weighted by Gasteiger charge is -2.40. The number of hydrogen-bond acceptors (Lipinski definition) is 6. The van der Waals surface area contributed by atoms with Crippen molar-refractivity contribution in [1.29, 1.82) is 0 Å². The van der Waals surface area contributed by atoms with Gasteiger partial charge in [0.15, 0.2) is 17.9 Å². The predicted molar refractivity (Wildman–Crippen MR) is 120 cm³/mol. The summed E-state index contributed by atoms with van der Waals surface area (Å²) in [5, 5.41) is 0. The molecule has 2 aromatic carbocycles. The summed E-state index contributed by atoms with van der Waals surface area (Å²) in [7, 11) is 1.48. The van der Waals surface area contributed by atoms with Gasteiger partial charge in [-0.25, -0.2) is 0 Å². The van der Waals surface area contributed by atoms with Crippen LogP contribution in [0.3, 0.4) is 0 Å². The van der Waals surface area contributed by atoms with Gasteiger partial charge in [0, 0.05) is 17.5 Å². The van der Waals surface area contributed by atoms with Gasteiger partial charge in [-0.3, -0.25) is 9.59 Å². The molecule has 0 amide bonds. The first-order valence-corrected chi connectivity index (χ1v) is 10.7. The summed E-state index contributed by atoms with van der Waals surface area (Å²) in [5.41, 5.74) is 1.92. The van der Waals surface area contributed by atoms with Crippen LogP contribution in [0.4, 0.5) is 0 Å². The van der Waals surface area contributed by atoms with Crippen molar-refractivity contribution in [2.75, 3.05) is 13.7 Å². The lowest BCUT2D eigenvalue weighted by molar-refractivity contribution is -0.274. The Labute approximate surface area is 188 Å². The van der Waals surface area contributed by atoms with Gasteiger partial charge in [-0.05, 0) is 39.3 Å². The molecule has 2 atom stereocenters. The standard InChI is InChI=1S/C26H28O6/c1-14(2)13-30-19-11-18(25-31-15(3)12-26(4,5)32-25)24(29-6)21-20(19)22(27)16-9-7-8-10-17(16)23(21)28/h7-11,15,25H,1,12-13H2,2-6H3/t15-,25-/m1/s1. The molecule has 1 aliphatic heterocycles. The maximum Gasteiger partial charge on any atom is 0.198 e.